The fraction of sp³-hybridized carbons (Fsp3) is 0.397. The summed E-state index contributed by atoms with van der Waals surface area (Å²) in [5.74, 6) is -4.22. The Morgan fingerprint density at radius 2 is 0.913 bits per heavy atom. The van der Waals surface area contributed by atoms with Crippen LogP contribution >= 0.6 is 0 Å². The van der Waals surface area contributed by atoms with Crippen LogP contribution in [0.4, 0.5) is 50.9 Å². The Labute approximate surface area is 526 Å². The number of carbonyl (C=O) groups excluding carboxylic acids is 11. The molecular weight excluding hydrogens is 1200 g/mol. The molecule has 11 amide bonds. The normalized spacial score (nSPS) is 12.4. The van der Waals surface area contributed by atoms with E-state index in [1.165, 1.54) is 73.3 Å². The number of nitrogens with one attached hydrogen (secondary N) is 10. The smallest absolute Gasteiger partial charge is 0.410 e. The number of amides is 11. The molecule has 1 fully saturated rings. The Hall–Kier alpha value is -11.4. The number of ether oxygens (including phenoxy) is 1. The third-order valence-corrected chi connectivity index (χ3v) is 14.1. The second-order valence-corrected chi connectivity index (χ2v) is 23.3. The highest BCUT2D eigenvalue weighted by Gasteiger charge is 2.49. The van der Waals surface area contributed by atoms with E-state index in [1.54, 1.807) is 101 Å². The number of hydrogen-bond acceptors (Lipinski definition) is 16. The molecule has 1 aliphatic rings. The standard InChI is InChI=1S/C58H74N22O12/c1-12-16-60-52(87)48-69-39(30-78(48)10)70-51(86)36-20-33(25-74(36)6)62-44(83)15-17-61-53(88)49-67-38(29-77(49)9)66-45(84)23-58(31-80(32-58)56(91)92-57(2,3)4)24-46(85)72-41-22-35(27-76(41)8)64-55(90)50-68-37(28-79(50)11)65-42(81)13-14-43(82)71-40-21-34(26-75(40)7)63-54(89)47-59-18-19-73(47)5/h18-22,25-30H,12-17,23-24,31-32H2,1-11H3,(H,60,87)(H,61,88)(H,62,83)(H,63,89)(H,64,90)(H,65,81)(H,66,84)(H,70,86)(H,71,82)(H,72,85). The minimum absolute atomic E-state index is 0.0159. The van der Waals surface area contributed by atoms with Crippen LogP contribution in [0.2, 0.25) is 0 Å². The van der Waals surface area contributed by atoms with Crippen LogP contribution in [0, 0.1) is 5.41 Å². The van der Waals surface area contributed by atoms with Gasteiger partial charge in [0.25, 0.3) is 29.5 Å². The molecule has 34 heteroatoms. The molecule has 8 rings (SSSR count). The van der Waals surface area contributed by atoms with Crippen molar-refractivity contribution in [2.75, 3.05) is 68.7 Å². The first-order valence-corrected chi connectivity index (χ1v) is 29.0. The minimum atomic E-state index is -1.08. The highest BCUT2D eigenvalue weighted by atomic mass is 16.6. The first kappa shape index (κ1) is 66.6. The molecule has 0 saturated carbocycles. The Balaban J connectivity index is 0.798. The SMILES string of the molecule is CCCNC(=O)c1nc(NC(=O)c2cc(NC(=O)CCNC(=O)c3nc(NC(=O)CC4(CC(=O)Nc5cc(NC(=O)c6nc(NC(=O)CCC(=O)Nc7cc(NC(=O)c8nccn8C)cn7C)cn6C)cn5C)CN(C(=O)OC(C)(C)C)C4)cn3C)cn2C)cn1C. The van der Waals surface area contributed by atoms with E-state index in [0.717, 1.165) is 6.42 Å². The molecule has 0 spiro atoms. The third-order valence-electron chi connectivity index (χ3n) is 14.1. The lowest BCUT2D eigenvalue weighted by Crippen LogP contribution is -2.61. The lowest BCUT2D eigenvalue weighted by Gasteiger charge is -2.49. The zero-order valence-electron chi connectivity index (χ0n) is 52.7. The summed E-state index contributed by atoms with van der Waals surface area (Å²) in [6.45, 7) is 7.36. The molecule has 1 aliphatic heterocycles. The van der Waals surface area contributed by atoms with Gasteiger partial charge in [0.2, 0.25) is 47.0 Å². The number of carbonyl (C=O) groups is 11. The minimum Gasteiger partial charge on any atom is -0.444 e. The summed E-state index contributed by atoms with van der Waals surface area (Å²) in [5.41, 5.74) is -0.715. The summed E-state index contributed by atoms with van der Waals surface area (Å²) in [6.07, 6.45) is 11.2. The second kappa shape index (κ2) is 28.0. The van der Waals surface area contributed by atoms with Gasteiger partial charge < -0.3 is 94.8 Å². The average molecular weight is 1270 g/mol. The van der Waals surface area contributed by atoms with Gasteiger partial charge in [-0.2, -0.15) is 0 Å². The van der Waals surface area contributed by atoms with Gasteiger partial charge in [0.1, 0.15) is 22.9 Å². The van der Waals surface area contributed by atoms with Crippen LogP contribution in [-0.2, 0) is 78.0 Å². The zero-order chi connectivity index (χ0) is 66.9. The molecule has 7 aromatic heterocycles. The average Bonchev–Trinajstić information content (AvgIpc) is 1.56. The van der Waals surface area contributed by atoms with Crippen LogP contribution in [0.3, 0.4) is 0 Å². The molecule has 0 unspecified atom stereocenters. The predicted molar refractivity (Wildman–Crippen MR) is 334 cm³/mol. The van der Waals surface area contributed by atoms with Gasteiger partial charge in [-0.1, -0.05) is 6.92 Å². The van der Waals surface area contributed by atoms with E-state index in [2.05, 4.69) is 73.1 Å². The van der Waals surface area contributed by atoms with Crippen LogP contribution in [0.25, 0.3) is 0 Å². The van der Waals surface area contributed by atoms with E-state index in [-0.39, 0.29) is 116 Å². The van der Waals surface area contributed by atoms with E-state index in [0.29, 0.717) is 23.7 Å². The van der Waals surface area contributed by atoms with E-state index >= 15 is 0 Å². The van der Waals surface area contributed by atoms with Crippen molar-refractivity contribution in [1.29, 1.82) is 0 Å². The fourth-order valence-electron chi connectivity index (χ4n) is 9.83. The highest BCUT2D eigenvalue weighted by molar-refractivity contribution is 6.06. The van der Waals surface area contributed by atoms with Gasteiger partial charge in [-0.3, -0.25) is 47.9 Å². The van der Waals surface area contributed by atoms with E-state index < -0.39 is 70.3 Å². The molecular formula is C58H74N22O12. The van der Waals surface area contributed by atoms with Crippen LogP contribution in [0.1, 0.15) is 119 Å². The largest absolute Gasteiger partial charge is 0.444 e. The molecule has 1 saturated heterocycles. The summed E-state index contributed by atoms with van der Waals surface area (Å²) in [4.78, 5) is 163. The van der Waals surface area contributed by atoms with Gasteiger partial charge in [-0.15, -0.1) is 0 Å². The number of aromatic nitrogens is 11. The van der Waals surface area contributed by atoms with Crippen molar-refractivity contribution in [3.8, 4) is 0 Å². The molecule has 488 valence electrons. The predicted octanol–water partition coefficient (Wildman–Crippen LogP) is 3.24. The molecule has 0 radical (unpaired) electrons. The van der Waals surface area contributed by atoms with E-state index in [4.69, 9.17) is 4.74 Å². The Morgan fingerprint density at radius 1 is 0.467 bits per heavy atom. The first-order valence-electron chi connectivity index (χ1n) is 29.0. The van der Waals surface area contributed by atoms with E-state index in [1.807, 2.05) is 6.92 Å². The molecule has 0 bridgehead atoms. The molecule has 92 heavy (non-hydrogen) atoms. The maximum Gasteiger partial charge on any atom is 0.410 e. The van der Waals surface area contributed by atoms with Gasteiger partial charge in [-0.25, -0.2) is 24.7 Å². The zero-order valence-corrected chi connectivity index (χ0v) is 52.7. The number of nitrogens with zero attached hydrogens (tertiary/aromatic N) is 12. The summed E-state index contributed by atoms with van der Waals surface area (Å²) < 4.78 is 16.0. The first-order chi connectivity index (χ1) is 43.4. The summed E-state index contributed by atoms with van der Waals surface area (Å²) in [7, 11) is 11.3. The molecule has 8 heterocycles. The highest BCUT2D eigenvalue weighted by Crippen LogP contribution is 2.39. The number of likely N-dealkylation sites (tertiary alicyclic amines) is 1. The maximum absolute atomic E-state index is 13.9. The molecule has 10 N–H and O–H groups in total. The van der Waals surface area contributed by atoms with Gasteiger partial charge in [-0.05, 0) is 33.3 Å². The molecule has 0 atom stereocenters. The van der Waals surface area contributed by atoms with Gasteiger partial charge in [0.05, 0.1) is 17.1 Å². The number of anilines is 8. The summed E-state index contributed by atoms with van der Waals surface area (Å²) in [6, 6.07) is 4.53. The molecule has 0 aliphatic carbocycles. The second-order valence-electron chi connectivity index (χ2n) is 23.3. The lowest BCUT2D eigenvalue weighted by atomic mass is 9.73. The van der Waals surface area contributed by atoms with Crippen molar-refractivity contribution in [2.24, 2.45) is 54.7 Å². The van der Waals surface area contributed by atoms with Crippen LogP contribution in [0.15, 0.2) is 67.8 Å². The van der Waals surface area contributed by atoms with Crippen LogP contribution in [0.5, 0.6) is 0 Å². The van der Waals surface area contributed by atoms with Gasteiger partial charge >= 0.3 is 6.09 Å². The Bertz CT molecular complexity index is 4010. The van der Waals surface area contributed by atoms with Crippen molar-refractivity contribution < 1.29 is 57.5 Å². The molecule has 34 nitrogen and oxygen atoms in total. The van der Waals surface area contributed by atoms with Crippen molar-refractivity contribution in [3.05, 3.63) is 96.8 Å². The lowest BCUT2D eigenvalue weighted by molar-refractivity contribution is -0.128. The van der Waals surface area contributed by atoms with Crippen molar-refractivity contribution >= 4 is 111 Å². The van der Waals surface area contributed by atoms with Gasteiger partial charge in [0.15, 0.2) is 23.3 Å². The third kappa shape index (κ3) is 17.1. The number of imidazole rings is 4. The van der Waals surface area contributed by atoms with Crippen molar-refractivity contribution in [2.45, 2.75) is 71.8 Å². The molecule has 7 aromatic rings. The fourth-order valence-corrected chi connectivity index (χ4v) is 9.83. The van der Waals surface area contributed by atoms with Crippen LogP contribution < -0.4 is 53.2 Å². The summed E-state index contributed by atoms with van der Waals surface area (Å²) in [5, 5.41) is 27.0. The topological polar surface area (TPSA) is 407 Å². The van der Waals surface area contributed by atoms with Gasteiger partial charge in [0, 0.05) is 175 Å². The van der Waals surface area contributed by atoms with E-state index in [9.17, 15) is 52.7 Å². The monoisotopic (exact) mass is 1270 g/mol. The molecule has 0 aromatic carbocycles. The Kier molecular flexibility index (Phi) is 20.3. The summed E-state index contributed by atoms with van der Waals surface area (Å²) >= 11 is 0. The maximum atomic E-state index is 13.9. The Morgan fingerprint density at radius 3 is 1.43 bits per heavy atom. The number of aryl methyl sites for hydroxylation is 7. The van der Waals surface area contributed by atoms with Crippen molar-refractivity contribution in [3.63, 3.8) is 0 Å². The number of rotatable bonds is 25. The number of hydrogen-bond donors (Lipinski definition) is 10. The van der Waals surface area contributed by atoms with Crippen LogP contribution in [-0.4, -0.2) is 154 Å². The van der Waals surface area contributed by atoms with Crippen molar-refractivity contribution in [1.82, 2.24) is 67.4 Å². The quantitative estimate of drug-likeness (QED) is 0.0393.